The summed E-state index contributed by atoms with van der Waals surface area (Å²) in [5.41, 5.74) is -8.87. The summed E-state index contributed by atoms with van der Waals surface area (Å²) in [6.07, 6.45) is 2.89. The second-order valence-electron chi connectivity index (χ2n) is 10.2. The Kier molecular flexibility index (Phi) is 7.53. The number of carbonyl (C=O) groups is 5. The fraction of sp³-hybridized carbons (Fsp3) is 0.600. The molecule has 2 fully saturated rings. The summed E-state index contributed by atoms with van der Waals surface area (Å²) < 4.78 is 31.4. The smallest absolute Gasteiger partial charge is 0.522 e. The van der Waals surface area contributed by atoms with Crippen LogP contribution in [0.15, 0.2) is 16.9 Å². The van der Waals surface area contributed by atoms with Gasteiger partial charge in [-0.05, 0) is 44.4 Å². The molecular formula is C25H30O11Pd. The van der Waals surface area contributed by atoms with E-state index in [1.165, 1.54) is 27.7 Å². The van der Waals surface area contributed by atoms with Gasteiger partial charge in [0.15, 0.2) is 5.97 Å². The Balaban J connectivity index is 0.00000481. The summed E-state index contributed by atoms with van der Waals surface area (Å²) in [7, 11) is 4.48. The van der Waals surface area contributed by atoms with Gasteiger partial charge in [-0.15, -0.1) is 5.41 Å². The van der Waals surface area contributed by atoms with Crippen molar-refractivity contribution < 1.29 is 72.8 Å². The molecule has 1 saturated carbocycles. The van der Waals surface area contributed by atoms with Crippen LogP contribution in [-0.2, 0) is 72.8 Å². The quantitative estimate of drug-likeness (QED) is 0.192. The molecule has 1 aliphatic carbocycles. The number of methoxy groups -OCH3 is 4. The molecule has 0 aromatic carbocycles. The van der Waals surface area contributed by atoms with Gasteiger partial charge in [0.05, 0.1) is 28.4 Å². The van der Waals surface area contributed by atoms with Gasteiger partial charge >= 0.3 is 26.4 Å². The van der Waals surface area contributed by atoms with Gasteiger partial charge < -0.3 is 28.4 Å². The van der Waals surface area contributed by atoms with E-state index in [0.29, 0.717) is 0 Å². The van der Waals surface area contributed by atoms with Crippen molar-refractivity contribution in [3.05, 3.63) is 28.9 Å². The van der Waals surface area contributed by atoms with Crippen LogP contribution in [0.1, 0.15) is 41.5 Å². The maximum Gasteiger partial charge on any atom is 2.00 e. The second-order valence-corrected chi connectivity index (χ2v) is 10.2. The van der Waals surface area contributed by atoms with E-state index < -0.39 is 57.3 Å². The van der Waals surface area contributed by atoms with E-state index >= 15 is 0 Å². The van der Waals surface area contributed by atoms with E-state index in [1.807, 2.05) is 0 Å². The van der Waals surface area contributed by atoms with E-state index in [0.717, 1.165) is 28.4 Å². The van der Waals surface area contributed by atoms with Crippen LogP contribution in [0.2, 0.25) is 0 Å². The van der Waals surface area contributed by atoms with Gasteiger partial charge in [0.1, 0.15) is 11.2 Å². The topological polar surface area (TPSA) is 141 Å². The van der Waals surface area contributed by atoms with Crippen LogP contribution in [-0.4, -0.2) is 69.5 Å². The Morgan fingerprint density at radius 2 is 1.35 bits per heavy atom. The molecular weight excluding hydrogens is 583 g/mol. The largest absolute Gasteiger partial charge is 2.00 e. The van der Waals surface area contributed by atoms with Crippen molar-refractivity contribution in [1.29, 1.82) is 0 Å². The van der Waals surface area contributed by atoms with Crippen LogP contribution >= 0.6 is 0 Å². The van der Waals surface area contributed by atoms with Crippen LogP contribution in [0, 0.1) is 28.2 Å². The molecule has 3 rings (SSSR count). The minimum atomic E-state index is -2.14. The first-order chi connectivity index (χ1) is 16.5. The number of esters is 5. The molecule has 0 bridgehead atoms. The van der Waals surface area contributed by atoms with Crippen molar-refractivity contribution in [3.63, 3.8) is 0 Å². The standard InChI is InChI=1S/C25H30O11.Pd/c1-21(2)15(18(28)33-9)25(21)20(30)36-23(5,6)24(25,19(29)34-10)11-12-13(16(26)31-7)14(17(27)32-8)22(3,4)35-12;/h1-10H3;/q-2;+2/t24-,25-;/m1./s1. The van der Waals surface area contributed by atoms with Gasteiger partial charge in [-0.1, -0.05) is 13.8 Å². The SMILES string of the molecule is COC(=O)C1=C(C(=O)OC)C(C)(C)OC1=[C-][C@@]1(C(=O)OC)C(C)(C)OC(=O)[C@@]12[C-](C(=O)OC)C2(C)C.[Pd+2]. The van der Waals surface area contributed by atoms with Crippen molar-refractivity contribution >= 4 is 29.8 Å². The van der Waals surface area contributed by atoms with Crippen molar-refractivity contribution in [2.75, 3.05) is 28.4 Å². The molecule has 206 valence electrons. The van der Waals surface area contributed by atoms with Gasteiger partial charge in [-0.3, -0.25) is 25.1 Å². The van der Waals surface area contributed by atoms with Crippen LogP contribution in [0.5, 0.6) is 0 Å². The van der Waals surface area contributed by atoms with Gasteiger partial charge in [0.25, 0.3) is 17.9 Å². The normalized spacial score (nSPS) is 29.2. The summed E-state index contributed by atoms with van der Waals surface area (Å²) in [5.74, 6) is -4.88. The van der Waals surface area contributed by atoms with E-state index in [2.05, 4.69) is 6.08 Å². The Bertz CT molecular complexity index is 1130. The third-order valence-corrected chi connectivity index (χ3v) is 7.39. The average Bonchev–Trinajstić information content (AvgIpc) is 3.11. The maximum absolute atomic E-state index is 13.7. The third-order valence-electron chi connectivity index (χ3n) is 7.39. The molecule has 0 aromatic heterocycles. The monoisotopic (exact) mass is 612 g/mol. The minimum absolute atomic E-state index is 0. The molecule has 0 radical (unpaired) electrons. The molecule has 3 aliphatic rings. The molecule has 0 N–H and O–H groups in total. The fourth-order valence-electron chi connectivity index (χ4n) is 5.79. The van der Waals surface area contributed by atoms with Crippen molar-refractivity contribution in [3.8, 4) is 0 Å². The summed E-state index contributed by atoms with van der Waals surface area (Å²) in [6, 6.07) is 0. The molecule has 2 aliphatic heterocycles. The van der Waals surface area contributed by atoms with Crippen LogP contribution in [0.3, 0.4) is 0 Å². The van der Waals surface area contributed by atoms with Gasteiger partial charge in [-0.25, -0.2) is 10.9 Å². The van der Waals surface area contributed by atoms with Crippen LogP contribution < -0.4 is 0 Å². The van der Waals surface area contributed by atoms with Crippen molar-refractivity contribution in [2.45, 2.75) is 52.7 Å². The molecule has 1 spiro atoms. The molecule has 37 heavy (non-hydrogen) atoms. The first-order valence-electron chi connectivity index (χ1n) is 11.0. The summed E-state index contributed by atoms with van der Waals surface area (Å²) in [6.45, 7) is 9.09. The van der Waals surface area contributed by atoms with E-state index in [4.69, 9.17) is 28.4 Å². The maximum atomic E-state index is 13.7. The van der Waals surface area contributed by atoms with Crippen LogP contribution in [0.25, 0.3) is 0 Å². The number of hydrogen-bond donors (Lipinski definition) is 0. The van der Waals surface area contributed by atoms with Crippen LogP contribution in [0.4, 0.5) is 0 Å². The van der Waals surface area contributed by atoms with Gasteiger partial charge in [0.2, 0.25) is 0 Å². The summed E-state index contributed by atoms with van der Waals surface area (Å²) in [4.78, 5) is 65.6. The zero-order valence-electron chi connectivity index (χ0n) is 22.3. The van der Waals surface area contributed by atoms with Crippen molar-refractivity contribution in [1.82, 2.24) is 0 Å². The minimum Gasteiger partial charge on any atom is -0.522 e. The Labute approximate surface area is 228 Å². The van der Waals surface area contributed by atoms with E-state index in [1.54, 1.807) is 13.8 Å². The average molecular weight is 613 g/mol. The third kappa shape index (κ3) is 3.56. The molecule has 2 heterocycles. The molecule has 0 aromatic rings. The molecule has 1 saturated heterocycles. The molecule has 0 unspecified atom stereocenters. The van der Waals surface area contributed by atoms with E-state index in [9.17, 15) is 24.0 Å². The Hall–Kier alpha value is -2.84. The predicted molar refractivity (Wildman–Crippen MR) is 119 cm³/mol. The number of hydrogen-bond acceptors (Lipinski definition) is 11. The summed E-state index contributed by atoms with van der Waals surface area (Å²) in [5, 5.41) is 0. The first-order valence-corrected chi connectivity index (χ1v) is 11.0. The molecule has 2 atom stereocenters. The fourth-order valence-corrected chi connectivity index (χ4v) is 5.79. The zero-order chi connectivity index (χ0) is 27.6. The van der Waals surface area contributed by atoms with E-state index in [-0.39, 0.29) is 43.2 Å². The Morgan fingerprint density at radius 3 is 1.81 bits per heavy atom. The number of cyclic esters (lactones) is 1. The first kappa shape index (κ1) is 30.4. The number of rotatable bonds is 5. The Morgan fingerprint density at radius 1 is 0.811 bits per heavy atom. The predicted octanol–water partition coefficient (Wildman–Crippen LogP) is 1.39. The zero-order valence-corrected chi connectivity index (χ0v) is 23.9. The summed E-state index contributed by atoms with van der Waals surface area (Å²) >= 11 is 0. The molecule has 0 amide bonds. The van der Waals surface area contributed by atoms with Gasteiger partial charge in [-0.2, -0.15) is 0 Å². The second kappa shape index (κ2) is 9.17. The van der Waals surface area contributed by atoms with Gasteiger partial charge in [0, 0.05) is 11.0 Å². The number of carbonyl (C=O) groups excluding carboxylic acids is 5. The van der Waals surface area contributed by atoms with Crippen molar-refractivity contribution in [2.24, 2.45) is 16.2 Å². The molecule has 12 heteroatoms. The molecule has 11 nitrogen and oxygen atoms in total. The number of ether oxygens (including phenoxy) is 6.